The van der Waals surface area contributed by atoms with Crippen LogP contribution in [0, 0.1) is 0 Å². The van der Waals surface area contributed by atoms with Crippen molar-refractivity contribution in [3.05, 3.63) is 65.7 Å². The van der Waals surface area contributed by atoms with E-state index in [2.05, 4.69) is 17.1 Å². The molecule has 2 rings (SSSR count). The zero-order chi connectivity index (χ0) is 16.7. The van der Waals surface area contributed by atoms with Crippen molar-refractivity contribution in [3.8, 4) is 0 Å². The van der Waals surface area contributed by atoms with Gasteiger partial charge >= 0.3 is 0 Å². The summed E-state index contributed by atoms with van der Waals surface area (Å²) < 4.78 is 0. The molecule has 4 heteroatoms. The summed E-state index contributed by atoms with van der Waals surface area (Å²) in [6, 6.07) is 17.0. The molecule has 0 saturated heterocycles. The van der Waals surface area contributed by atoms with Gasteiger partial charge in [-0.2, -0.15) is 0 Å². The van der Waals surface area contributed by atoms with E-state index in [0.717, 1.165) is 17.8 Å². The number of amides is 1. The van der Waals surface area contributed by atoms with Gasteiger partial charge in [-0.3, -0.25) is 4.79 Å². The molecule has 0 aliphatic carbocycles. The summed E-state index contributed by atoms with van der Waals surface area (Å²) >= 11 is 0. The number of aliphatic hydroxyl groups is 1. The Hall–Kier alpha value is -2.33. The molecule has 0 bridgehead atoms. The molecule has 2 aromatic carbocycles. The van der Waals surface area contributed by atoms with E-state index in [4.69, 9.17) is 0 Å². The van der Waals surface area contributed by atoms with Crippen molar-refractivity contribution in [3.63, 3.8) is 0 Å². The largest absolute Gasteiger partial charge is 0.388 e. The standard InChI is InChI=1S/C19H24N2O2/c1-3-21(2)17-11-9-16(10-12-17)19(23)20-14-13-18(22)15-7-5-4-6-8-15/h4-12,18,22H,3,13-14H2,1-2H3,(H,20,23). The third-order valence-corrected chi connectivity index (χ3v) is 3.93. The highest BCUT2D eigenvalue weighted by atomic mass is 16.3. The summed E-state index contributed by atoms with van der Waals surface area (Å²) in [4.78, 5) is 14.2. The first kappa shape index (κ1) is 17.0. The minimum atomic E-state index is -0.558. The first-order valence-corrected chi connectivity index (χ1v) is 7.94. The van der Waals surface area contributed by atoms with Gasteiger partial charge in [0, 0.05) is 31.4 Å². The predicted molar refractivity (Wildman–Crippen MR) is 93.7 cm³/mol. The predicted octanol–water partition coefficient (Wildman–Crippen LogP) is 3.00. The van der Waals surface area contributed by atoms with Crippen molar-refractivity contribution in [1.29, 1.82) is 0 Å². The third kappa shape index (κ3) is 4.83. The van der Waals surface area contributed by atoms with Crippen LogP contribution in [0.15, 0.2) is 54.6 Å². The molecule has 4 nitrogen and oxygen atoms in total. The molecule has 23 heavy (non-hydrogen) atoms. The van der Waals surface area contributed by atoms with Crippen LogP contribution in [-0.4, -0.2) is 31.2 Å². The Bertz CT molecular complexity index is 611. The van der Waals surface area contributed by atoms with Crippen molar-refractivity contribution >= 4 is 11.6 Å². The smallest absolute Gasteiger partial charge is 0.251 e. The molecule has 122 valence electrons. The van der Waals surface area contributed by atoms with Crippen LogP contribution in [0.5, 0.6) is 0 Å². The fourth-order valence-electron chi connectivity index (χ4n) is 2.32. The molecule has 2 aromatic rings. The number of carbonyl (C=O) groups is 1. The Morgan fingerprint density at radius 1 is 1.13 bits per heavy atom. The highest BCUT2D eigenvalue weighted by Gasteiger charge is 2.09. The minimum Gasteiger partial charge on any atom is -0.388 e. The molecule has 0 radical (unpaired) electrons. The van der Waals surface area contributed by atoms with Crippen molar-refractivity contribution in [2.75, 3.05) is 25.0 Å². The summed E-state index contributed by atoms with van der Waals surface area (Å²) in [5, 5.41) is 12.9. The molecule has 0 heterocycles. The van der Waals surface area contributed by atoms with Crippen molar-refractivity contribution in [2.45, 2.75) is 19.4 Å². The second kappa shape index (κ2) is 8.34. The lowest BCUT2D eigenvalue weighted by atomic mass is 10.1. The highest BCUT2D eigenvalue weighted by Crippen LogP contribution is 2.16. The first-order chi connectivity index (χ1) is 11.1. The van der Waals surface area contributed by atoms with E-state index >= 15 is 0 Å². The Morgan fingerprint density at radius 2 is 1.78 bits per heavy atom. The van der Waals surface area contributed by atoms with Crippen molar-refractivity contribution in [2.24, 2.45) is 0 Å². The number of rotatable bonds is 7. The van der Waals surface area contributed by atoms with E-state index in [1.165, 1.54) is 0 Å². The molecule has 1 amide bonds. The quantitative estimate of drug-likeness (QED) is 0.826. The molecule has 1 unspecified atom stereocenters. The molecular formula is C19H24N2O2. The van der Waals surface area contributed by atoms with E-state index in [-0.39, 0.29) is 5.91 Å². The number of benzene rings is 2. The fourth-order valence-corrected chi connectivity index (χ4v) is 2.32. The third-order valence-electron chi connectivity index (χ3n) is 3.93. The average Bonchev–Trinajstić information content (AvgIpc) is 2.61. The van der Waals surface area contributed by atoms with Crippen LogP contribution in [0.2, 0.25) is 0 Å². The van der Waals surface area contributed by atoms with Crippen molar-refractivity contribution < 1.29 is 9.90 Å². The SMILES string of the molecule is CCN(C)c1ccc(C(=O)NCCC(O)c2ccccc2)cc1. The second-order valence-corrected chi connectivity index (χ2v) is 5.53. The summed E-state index contributed by atoms with van der Waals surface area (Å²) in [7, 11) is 2.01. The molecule has 0 aliphatic rings. The van der Waals surface area contributed by atoms with Gasteiger partial charge in [0.25, 0.3) is 5.91 Å². The Balaban J connectivity index is 1.83. The van der Waals surface area contributed by atoms with Crippen LogP contribution in [0.1, 0.15) is 35.4 Å². The maximum absolute atomic E-state index is 12.1. The van der Waals surface area contributed by atoms with E-state index in [9.17, 15) is 9.90 Å². The summed E-state index contributed by atoms with van der Waals surface area (Å²) in [6.45, 7) is 3.44. The minimum absolute atomic E-state index is 0.115. The zero-order valence-electron chi connectivity index (χ0n) is 13.7. The van der Waals surface area contributed by atoms with Gasteiger partial charge in [0.15, 0.2) is 0 Å². The first-order valence-electron chi connectivity index (χ1n) is 7.94. The van der Waals surface area contributed by atoms with Crippen LogP contribution in [0.25, 0.3) is 0 Å². The van der Waals surface area contributed by atoms with Gasteiger partial charge in [0.2, 0.25) is 0 Å². The maximum Gasteiger partial charge on any atom is 0.251 e. The molecule has 0 fully saturated rings. The van der Waals surface area contributed by atoms with E-state index in [1.807, 2.05) is 61.6 Å². The Kier molecular flexibility index (Phi) is 6.18. The number of carbonyl (C=O) groups excluding carboxylic acids is 1. The number of aliphatic hydroxyl groups excluding tert-OH is 1. The van der Waals surface area contributed by atoms with Gasteiger partial charge in [-0.05, 0) is 43.2 Å². The zero-order valence-corrected chi connectivity index (χ0v) is 13.7. The molecular weight excluding hydrogens is 288 g/mol. The van der Waals surface area contributed by atoms with Crippen LogP contribution in [0.3, 0.4) is 0 Å². The summed E-state index contributed by atoms with van der Waals surface area (Å²) in [6.07, 6.45) is -0.0658. The lowest BCUT2D eigenvalue weighted by molar-refractivity contribution is 0.0942. The second-order valence-electron chi connectivity index (χ2n) is 5.53. The molecule has 0 spiro atoms. The van der Waals surface area contributed by atoms with Gasteiger partial charge in [-0.25, -0.2) is 0 Å². The van der Waals surface area contributed by atoms with Crippen LogP contribution in [-0.2, 0) is 0 Å². The van der Waals surface area contributed by atoms with Crippen LogP contribution in [0.4, 0.5) is 5.69 Å². The summed E-state index contributed by atoms with van der Waals surface area (Å²) in [5.74, 6) is -0.115. The average molecular weight is 312 g/mol. The van der Waals surface area contributed by atoms with E-state index in [0.29, 0.717) is 18.5 Å². The summed E-state index contributed by atoms with van der Waals surface area (Å²) in [5.41, 5.74) is 2.59. The topological polar surface area (TPSA) is 52.6 Å². The monoisotopic (exact) mass is 312 g/mol. The van der Waals surface area contributed by atoms with Gasteiger partial charge < -0.3 is 15.3 Å². The molecule has 0 aliphatic heterocycles. The lowest BCUT2D eigenvalue weighted by Gasteiger charge is -2.17. The van der Waals surface area contributed by atoms with Crippen LogP contribution < -0.4 is 10.2 Å². The van der Waals surface area contributed by atoms with Gasteiger partial charge in [0.1, 0.15) is 0 Å². The molecule has 0 aromatic heterocycles. The number of hydrogen-bond donors (Lipinski definition) is 2. The van der Waals surface area contributed by atoms with Crippen LogP contribution >= 0.6 is 0 Å². The number of anilines is 1. The molecule has 0 saturated carbocycles. The number of hydrogen-bond acceptors (Lipinski definition) is 3. The van der Waals surface area contributed by atoms with Crippen molar-refractivity contribution in [1.82, 2.24) is 5.32 Å². The Morgan fingerprint density at radius 3 is 2.39 bits per heavy atom. The molecule has 2 N–H and O–H groups in total. The highest BCUT2D eigenvalue weighted by molar-refractivity contribution is 5.94. The van der Waals surface area contributed by atoms with E-state index in [1.54, 1.807) is 0 Å². The maximum atomic E-state index is 12.1. The number of nitrogens with zero attached hydrogens (tertiary/aromatic N) is 1. The van der Waals surface area contributed by atoms with E-state index < -0.39 is 6.10 Å². The van der Waals surface area contributed by atoms with Gasteiger partial charge in [-0.15, -0.1) is 0 Å². The normalized spacial score (nSPS) is 11.8. The van der Waals surface area contributed by atoms with Gasteiger partial charge in [-0.1, -0.05) is 30.3 Å². The number of nitrogens with one attached hydrogen (secondary N) is 1. The molecule has 1 atom stereocenters. The Labute approximate surface area is 137 Å². The lowest BCUT2D eigenvalue weighted by Crippen LogP contribution is -2.25. The fraction of sp³-hybridized carbons (Fsp3) is 0.316. The van der Waals surface area contributed by atoms with Gasteiger partial charge in [0.05, 0.1) is 6.10 Å².